The minimum absolute atomic E-state index is 0.186. The van der Waals surface area contributed by atoms with E-state index in [1.807, 2.05) is 0 Å². The van der Waals surface area contributed by atoms with Crippen LogP contribution in [0.25, 0.3) is 0 Å². The van der Waals surface area contributed by atoms with Crippen LogP contribution in [0.5, 0.6) is 0 Å². The summed E-state index contributed by atoms with van der Waals surface area (Å²) in [5, 5.41) is 0.186. The van der Waals surface area contributed by atoms with Crippen LogP contribution in [0, 0.1) is 11.7 Å². The van der Waals surface area contributed by atoms with Gasteiger partial charge in [-0.2, -0.15) is 0 Å². The predicted molar refractivity (Wildman–Crippen MR) is 81.7 cm³/mol. The average Bonchev–Trinajstić information content (AvgIpc) is 2.84. The minimum atomic E-state index is -0.574. The van der Waals surface area contributed by atoms with Gasteiger partial charge in [-0.1, -0.05) is 11.6 Å². The highest BCUT2D eigenvalue weighted by Crippen LogP contribution is 2.24. The molecular weight excluding hydrogens is 309 g/mol. The van der Waals surface area contributed by atoms with Gasteiger partial charge in [0, 0.05) is 29.6 Å². The summed E-state index contributed by atoms with van der Waals surface area (Å²) in [5.41, 5.74) is -0.337. The van der Waals surface area contributed by atoms with E-state index in [9.17, 15) is 14.0 Å². The first kappa shape index (κ1) is 16.7. The number of benzene rings is 1. The van der Waals surface area contributed by atoms with E-state index < -0.39 is 17.5 Å². The molecule has 120 valence electrons. The van der Waals surface area contributed by atoms with Gasteiger partial charge in [0.15, 0.2) is 5.78 Å². The number of carbonyl (C=O) groups excluding carboxylic acids is 2. The lowest BCUT2D eigenvalue weighted by molar-refractivity contribution is 0.0289. The first-order chi connectivity index (χ1) is 10.2. The van der Waals surface area contributed by atoms with Crippen LogP contribution in [-0.2, 0) is 4.74 Å². The lowest BCUT2D eigenvalue weighted by Crippen LogP contribution is -2.35. The van der Waals surface area contributed by atoms with Crippen LogP contribution in [0.4, 0.5) is 9.18 Å². The highest BCUT2D eigenvalue weighted by Gasteiger charge is 2.33. The number of hydrogen-bond donors (Lipinski definition) is 0. The fourth-order valence-electron chi connectivity index (χ4n) is 2.40. The van der Waals surface area contributed by atoms with Crippen molar-refractivity contribution in [3.8, 4) is 0 Å². The minimum Gasteiger partial charge on any atom is -0.444 e. The van der Waals surface area contributed by atoms with Crippen molar-refractivity contribution in [1.82, 2.24) is 4.90 Å². The second-order valence-corrected chi connectivity index (χ2v) is 6.87. The summed E-state index contributed by atoms with van der Waals surface area (Å²) in [6.07, 6.45) is 0.103. The molecule has 1 unspecified atom stereocenters. The van der Waals surface area contributed by atoms with E-state index >= 15 is 0 Å². The van der Waals surface area contributed by atoms with Gasteiger partial charge in [-0.15, -0.1) is 0 Å². The van der Waals surface area contributed by atoms with Crippen molar-refractivity contribution in [2.45, 2.75) is 32.8 Å². The Morgan fingerprint density at radius 2 is 2.00 bits per heavy atom. The van der Waals surface area contributed by atoms with E-state index in [0.717, 1.165) is 6.07 Å². The predicted octanol–water partition coefficient (Wildman–Crippen LogP) is 3.92. The van der Waals surface area contributed by atoms with Crippen LogP contribution < -0.4 is 0 Å². The lowest BCUT2D eigenvalue weighted by atomic mass is 9.97. The van der Waals surface area contributed by atoms with Crippen LogP contribution in [0.1, 0.15) is 37.6 Å². The van der Waals surface area contributed by atoms with Crippen molar-refractivity contribution in [3.05, 3.63) is 34.6 Å². The Kier molecular flexibility index (Phi) is 4.75. The first-order valence-electron chi connectivity index (χ1n) is 7.14. The zero-order valence-corrected chi connectivity index (χ0v) is 13.6. The summed E-state index contributed by atoms with van der Waals surface area (Å²) >= 11 is 5.78. The summed E-state index contributed by atoms with van der Waals surface area (Å²) in [7, 11) is 0. The van der Waals surface area contributed by atoms with Crippen molar-refractivity contribution < 1.29 is 18.7 Å². The Labute approximate surface area is 134 Å². The normalized spacial score (nSPS) is 18.4. The summed E-state index contributed by atoms with van der Waals surface area (Å²) < 4.78 is 18.6. The number of likely N-dealkylation sites (tertiary alicyclic amines) is 1. The molecule has 1 aliphatic rings. The van der Waals surface area contributed by atoms with Crippen molar-refractivity contribution >= 4 is 23.5 Å². The molecule has 0 bridgehead atoms. The molecule has 1 aromatic rings. The van der Waals surface area contributed by atoms with Gasteiger partial charge in [0.1, 0.15) is 11.4 Å². The molecule has 1 heterocycles. The van der Waals surface area contributed by atoms with Crippen LogP contribution in [-0.4, -0.2) is 35.5 Å². The number of Topliss-reactive ketones (excluding diaryl/α,β-unsaturated/α-hetero) is 1. The molecule has 1 aromatic carbocycles. The van der Waals surface area contributed by atoms with Gasteiger partial charge in [0.05, 0.1) is 0 Å². The SMILES string of the molecule is CC(C)(C)OC(=O)N1CCC(C(=O)c2cc(F)cc(Cl)c2)C1. The third kappa shape index (κ3) is 4.19. The summed E-state index contributed by atoms with van der Waals surface area (Å²) in [6, 6.07) is 3.77. The third-order valence-corrected chi connectivity index (χ3v) is 3.58. The number of ketones is 1. The molecule has 1 saturated heterocycles. The topological polar surface area (TPSA) is 46.6 Å². The van der Waals surface area contributed by atoms with E-state index in [0.29, 0.717) is 13.0 Å². The molecule has 0 spiro atoms. The van der Waals surface area contributed by atoms with Crippen molar-refractivity contribution in [3.63, 3.8) is 0 Å². The molecule has 1 atom stereocenters. The molecule has 6 heteroatoms. The molecule has 4 nitrogen and oxygen atoms in total. The quantitative estimate of drug-likeness (QED) is 0.773. The highest BCUT2D eigenvalue weighted by molar-refractivity contribution is 6.31. The molecule has 1 amide bonds. The van der Waals surface area contributed by atoms with Gasteiger partial charge in [0.2, 0.25) is 0 Å². The smallest absolute Gasteiger partial charge is 0.410 e. The van der Waals surface area contributed by atoms with E-state index in [4.69, 9.17) is 16.3 Å². The van der Waals surface area contributed by atoms with Crippen LogP contribution >= 0.6 is 11.6 Å². The van der Waals surface area contributed by atoms with Crippen LogP contribution in [0.2, 0.25) is 5.02 Å². The second-order valence-electron chi connectivity index (χ2n) is 6.43. The Bertz CT molecular complexity index is 577. The summed E-state index contributed by atoms with van der Waals surface area (Å²) in [6.45, 7) is 6.10. The lowest BCUT2D eigenvalue weighted by Gasteiger charge is -2.24. The van der Waals surface area contributed by atoms with Gasteiger partial charge in [-0.05, 0) is 45.4 Å². The van der Waals surface area contributed by atoms with Gasteiger partial charge < -0.3 is 9.64 Å². The number of halogens is 2. The van der Waals surface area contributed by atoms with Gasteiger partial charge in [-0.25, -0.2) is 9.18 Å². The Hall–Kier alpha value is -1.62. The highest BCUT2D eigenvalue weighted by atomic mass is 35.5. The van der Waals surface area contributed by atoms with Crippen molar-refractivity contribution in [1.29, 1.82) is 0 Å². The Morgan fingerprint density at radius 3 is 2.59 bits per heavy atom. The van der Waals surface area contributed by atoms with E-state index in [1.165, 1.54) is 17.0 Å². The second kappa shape index (κ2) is 6.24. The molecule has 0 N–H and O–H groups in total. The fraction of sp³-hybridized carbons (Fsp3) is 0.500. The van der Waals surface area contributed by atoms with Crippen molar-refractivity contribution in [2.24, 2.45) is 5.92 Å². The van der Waals surface area contributed by atoms with E-state index in [-0.39, 0.29) is 28.8 Å². The number of carbonyl (C=O) groups is 2. The van der Waals surface area contributed by atoms with Crippen LogP contribution in [0.3, 0.4) is 0 Å². The maximum absolute atomic E-state index is 13.3. The first-order valence-corrected chi connectivity index (χ1v) is 7.52. The number of amides is 1. The molecule has 2 rings (SSSR count). The average molecular weight is 328 g/mol. The Balaban J connectivity index is 2.03. The van der Waals surface area contributed by atoms with Crippen LogP contribution in [0.15, 0.2) is 18.2 Å². The molecule has 0 aliphatic carbocycles. The van der Waals surface area contributed by atoms with Gasteiger partial charge in [-0.3, -0.25) is 4.79 Å². The van der Waals surface area contributed by atoms with Gasteiger partial charge >= 0.3 is 6.09 Å². The summed E-state index contributed by atoms with van der Waals surface area (Å²) in [4.78, 5) is 25.9. The maximum atomic E-state index is 13.3. The zero-order valence-electron chi connectivity index (χ0n) is 12.9. The van der Waals surface area contributed by atoms with Crippen molar-refractivity contribution in [2.75, 3.05) is 13.1 Å². The largest absolute Gasteiger partial charge is 0.444 e. The van der Waals surface area contributed by atoms with E-state index in [1.54, 1.807) is 20.8 Å². The molecule has 1 fully saturated rings. The molecule has 0 saturated carbocycles. The maximum Gasteiger partial charge on any atom is 0.410 e. The van der Waals surface area contributed by atoms with Gasteiger partial charge in [0.25, 0.3) is 0 Å². The Morgan fingerprint density at radius 1 is 1.32 bits per heavy atom. The van der Waals surface area contributed by atoms with E-state index in [2.05, 4.69) is 0 Å². The third-order valence-electron chi connectivity index (χ3n) is 3.36. The summed E-state index contributed by atoms with van der Waals surface area (Å²) in [5.74, 6) is -1.10. The molecule has 22 heavy (non-hydrogen) atoms. The monoisotopic (exact) mass is 327 g/mol. The molecule has 0 radical (unpaired) electrons. The molecule has 1 aliphatic heterocycles. The molecule has 0 aromatic heterocycles. The zero-order chi connectivity index (χ0) is 16.5. The number of hydrogen-bond acceptors (Lipinski definition) is 3. The number of ether oxygens (including phenoxy) is 1. The number of rotatable bonds is 2. The number of nitrogens with zero attached hydrogens (tertiary/aromatic N) is 1. The standard InChI is InChI=1S/C16H19ClFNO3/c1-16(2,3)22-15(21)19-5-4-10(9-19)14(20)11-6-12(17)8-13(18)7-11/h6-8,10H,4-5,9H2,1-3H3. The fourth-order valence-corrected chi connectivity index (χ4v) is 2.62. The molecular formula is C16H19ClFNO3.